The average molecular weight is 831 g/mol. The number of rotatable bonds is 15. The first-order chi connectivity index (χ1) is 24.8. The molecule has 290 valence electrons. The number of aromatic amines is 1. The summed E-state index contributed by atoms with van der Waals surface area (Å²) in [4.78, 5) is 66.2. The van der Waals surface area contributed by atoms with E-state index in [1.54, 1.807) is 0 Å². The van der Waals surface area contributed by atoms with Crippen LogP contribution in [0.2, 0.25) is 0 Å². The minimum absolute atomic E-state index is 0. The normalized spacial score (nSPS) is 12.3. The Morgan fingerprint density at radius 1 is 0.685 bits per heavy atom. The van der Waals surface area contributed by atoms with E-state index in [9.17, 15) is 34.5 Å². The average Bonchev–Trinajstić information content (AvgIpc) is 3.74. The third-order valence-corrected chi connectivity index (χ3v) is 9.79. The second kappa shape index (κ2) is 18.9. The number of nitrogens with two attached hydrogens (primary N) is 1. The van der Waals surface area contributed by atoms with Gasteiger partial charge in [0.2, 0.25) is 5.91 Å². The molecule has 7 N–H and O–H groups in total. The van der Waals surface area contributed by atoms with Crippen molar-refractivity contribution in [2.45, 2.75) is 85.5 Å². The molecular formula is C40H48N6O7Pd. The number of carbonyl (C=O) groups excluding carboxylic acids is 1. The molecule has 8 bridgehead atoms. The molecule has 0 unspecified atom stereocenters. The van der Waals surface area contributed by atoms with Gasteiger partial charge in [-0.05, 0) is 112 Å². The van der Waals surface area contributed by atoms with Crippen LogP contribution in [0.4, 0.5) is 0 Å². The molecule has 1 amide bonds. The maximum Gasteiger partial charge on any atom is 2.00 e. The Bertz CT molecular complexity index is 2180. The van der Waals surface area contributed by atoms with Gasteiger partial charge in [0.05, 0.1) is 22.8 Å². The van der Waals surface area contributed by atoms with Gasteiger partial charge in [-0.2, -0.15) is 0 Å². The number of amides is 1. The number of aromatic nitrogens is 4. The van der Waals surface area contributed by atoms with Crippen LogP contribution in [-0.4, -0.2) is 67.2 Å². The Morgan fingerprint density at radius 2 is 1.19 bits per heavy atom. The number of hydrogen-bond acceptors (Lipinski definition) is 7. The number of fused-ring (bicyclic) bond motifs is 8. The molecule has 0 atom stereocenters. The Labute approximate surface area is 328 Å². The van der Waals surface area contributed by atoms with Gasteiger partial charge in [-0.1, -0.05) is 23.3 Å². The topological polar surface area (TPSA) is 223 Å². The third-order valence-electron chi connectivity index (χ3n) is 9.79. The molecule has 3 aromatic heterocycles. The van der Waals surface area contributed by atoms with E-state index in [4.69, 9.17) is 20.7 Å². The van der Waals surface area contributed by atoms with Gasteiger partial charge in [-0.15, -0.1) is 11.0 Å². The summed E-state index contributed by atoms with van der Waals surface area (Å²) >= 11 is 0. The maximum atomic E-state index is 12.8. The number of aliphatic carboxylic acids is 3. The molecule has 0 aliphatic carbocycles. The van der Waals surface area contributed by atoms with Crippen molar-refractivity contribution < 1.29 is 54.9 Å². The van der Waals surface area contributed by atoms with Crippen molar-refractivity contribution in [2.24, 2.45) is 5.73 Å². The SMILES string of the molecule is CC1=C(CCC(=O)O)c2cc3[n-]c(cc4nc(cc5[nH]c(cc1n2)c(CCC(=O)O)c5C)C(CCC(=O)NCCCN)=C4C)c(CCC(=O)O)c3C.[CH3-].[Pd+2]. The fraction of sp³-hybridized carbons (Fsp3) is 0.375. The van der Waals surface area contributed by atoms with E-state index in [-0.39, 0.29) is 78.7 Å². The Morgan fingerprint density at radius 3 is 1.78 bits per heavy atom. The van der Waals surface area contributed by atoms with Crippen LogP contribution in [0.25, 0.3) is 44.4 Å². The van der Waals surface area contributed by atoms with Gasteiger partial charge in [0.25, 0.3) is 0 Å². The summed E-state index contributed by atoms with van der Waals surface area (Å²) in [5, 5.41) is 31.6. The molecule has 3 aromatic rings. The van der Waals surface area contributed by atoms with Gasteiger partial charge >= 0.3 is 38.3 Å². The molecule has 2 aliphatic rings. The van der Waals surface area contributed by atoms with Gasteiger partial charge < -0.3 is 43.8 Å². The summed E-state index contributed by atoms with van der Waals surface area (Å²) in [7, 11) is 0. The molecule has 5 heterocycles. The van der Waals surface area contributed by atoms with Crippen LogP contribution in [0.1, 0.15) is 104 Å². The van der Waals surface area contributed by atoms with Crippen LogP contribution in [0.3, 0.4) is 0 Å². The number of aryl methyl sites for hydroxylation is 4. The molecule has 54 heavy (non-hydrogen) atoms. The van der Waals surface area contributed by atoms with E-state index in [2.05, 4.69) is 10.3 Å². The van der Waals surface area contributed by atoms with E-state index in [0.717, 1.165) is 50.1 Å². The van der Waals surface area contributed by atoms with Crippen LogP contribution >= 0.6 is 0 Å². The Balaban J connectivity index is 0.00000392. The first-order valence-electron chi connectivity index (χ1n) is 17.5. The van der Waals surface area contributed by atoms with Gasteiger partial charge in [0, 0.05) is 43.3 Å². The van der Waals surface area contributed by atoms with Gasteiger partial charge in [0.1, 0.15) is 0 Å². The maximum absolute atomic E-state index is 12.8. The molecule has 0 radical (unpaired) electrons. The zero-order valence-electron chi connectivity index (χ0n) is 31.3. The van der Waals surface area contributed by atoms with E-state index in [1.807, 2.05) is 52.0 Å². The molecule has 0 aromatic carbocycles. The van der Waals surface area contributed by atoms with Crippen molar-refractivity contribution in [3.05, 3.63) is 76.7 Å². The molecular weight excluding hydrogens is 783 g/mol. The summed E-state index contributed by atoms with van der Waals surface area (Å²) in [6.45, 7) is 8.61. The quantitative estimate of drug-likeness (QED) is 0.0591. The summed E-state index contributed by atoms with van der Waals surface area (Å²) in [5.74, 6) is -2.90. The van der Waals surface area contributed by atoms with Gasteiger partial charge in [-0.3, -0.25) is 19.2 Å². The minimum atomic E-state index is -0.939. The second-order valence-corrected chi connectivity index (χ2v) is 13.3. The first-order valence-corrected chi connectivity index (χ1v) is 17.5. The zero-order chi connectivity index (χ0) is 37.7. The second-order valence-electron chi connectivity index (χ2n) is 13.3. The van der Waals surface area contributed by atoms with Crippen molar-refractivity contribution >= 4 is 68.2 Å². The molecule has 13 nitrogen and oxygen atoms in total. The number of carboxylic acids is 3. The van der Waals surface area contributed by atoms with Gasteiger partial charge in [0.15, 0.2) is 0 Å². The van der Waals surface area contributed by atoms with E-state index >= 15 is 0 Å². The number of carboxylic acid groups (broad SMARTS) is 3. The summed E-state index contributed by atoms with van der Waals surface area (Å²) in [6, 6.07) is 7.46. The van der Waals surface area contributed by atoms with Crippen LogP contribution in [0.15, 0.2) is 24.3 Å². The van der Waals surface area contributed by atoms with E-state index in [0.29, 0.717) is 65.3 Å². The van der Waals surface area contributed by atoms with Crippen molar-refractivity contribution in [1.82, 2.24) is 25.3 Å². The molecule has 2 aliphatic heterocycles. The largest absolute Gasteiger partial charge is 2.00 e. The fourth-order valence-electron chi connectivity index (χ4n) is 6.76. The Kier molecular flexibility index (Phi) is 15.2. The van der Waals surface area contributed by atoms with Crippen molar-refractivity contribution in [3.8, 4) is 0 Å². The zero-order valence-corrected chi connectivity index (χ0v) is 32.9. The van der Waals surface area contributed by atoms with Gasteiger partial charge in [-0.25, -0.2) is 9.97 Å². The third kappa shape index (κ3) is 9.99. The summed E-state index contributed by atoms with van der Waals surface area (Å²) < 4.78 is 0. The molecule has 0 saturated heterocycles. The molecule has 0 saturated carbocycles. The predicted octanol–water partition coefficient (Wildman–Crippen LogP) is 6.01. The smallest absolute Gasteiger partial charge is 0.657 e. The number of nitrogens with one attached hydrogen (secondary N) is 2. The standard InChI is InChI=1S/C39H46N6O7.CH3.Pd/c1-20-24(6-10-36(46)41-15-5-14-40)32-16-29-21(2)25(7-11-37(47)48)34(43-29)18-31-23(4)27(9-13-39(51)52)35(45-31)19-30-22(3)26(8-12-38(49)50)33(44-30)17-28(20)42-32;;/h16-19H,5-15,40H2,1-4H3,(H6,41,42,43,44,45,46,47,48,49,50,51,52);1H3;/q;-1;+2/p-1. The number of carbonyl (C=O) groups is 4. The summed E-state index contributed by atoms with van der Waals surface area (Å²) in [6.07, 6.45) is 1.78. The Hall–Kier alpha value is -4.90. The van der Waals surface area contributed by atoms with Crippen LogP contribution in [0, 0.1) is 21.3 Å². The number of H-pyrrole nitrogens is 1. The van der Waals surface area contributed by atoms with Crippen LogP contribution in [0.5, 0.6) is 0 Å². The van der Waals surface area contributed by atoms with Crippen LogP contribution < -0.4 is 16.0 Å². The summed E-state index contributed by atoms with van der Waals surface area (Å²) in [5.41, 5.74) is 17.1. The van der Waals surface area contributed by atoms with Crippen molar-refractivity contribution in [1.29, 1.82) is 0 Å². The van der Waals surface area contributed by atoms with Crippen LogP contribution in [-0.2, 0) is 52.4 Å². The minimum Gasteiger partial charge on any atom is -0.657 e. The number of nitrogens with zero attached hydrogens (tertiary/aromatic N) is 3. The fourth-order valence-corrected chi connectivity index (χ4v) is 6.76. The monoisotopic (exact) mass is 830 g/mol. The van der Waals surface area contributed by atoms with E-state index < -0.39 is 17.9 Å². The first kappa shape index (κ1) is 43.5. The number of hydrogen-bond donors (Lipinski definition) is 6. The molecule has 0 fully saturated rings. The molecule has 5 rings (SSSR count). The van der Waals surface area contributed by atoms with Crippen molar-refractivity contribution in [3.63, 3.8) is 0 Å². The van der Waals surface area contributed by atoms with Crippen molar-refractivity contribution in [2.75, 3.05) is 13.1 Å². The van der Waals surface area contributed by atoms with E-state index in [1.165, 1.54) is 0 Å². The molecule has 14 heteroatoms. The molecule has 0 spiro atoms. The number of allylic oxidation sites excluding steroid dienone is 4. The predicted molar refractivity (Wildman–Crippen MR) is 206 cm³/mol.